The number of likely N-dealkylation sites (tertiary alicyclic amines) is 1. The first kappa shape index (κ1) is 15.1. The first-order chi connectivity index (χ1) is 9.71. The van der Waals surface area contributed by atoms with Gasteiger partial charge in [0, 0.05) is 24.7 Å². The van der Waals surface area contributed by atoms with Gasteiger partial charge in [0.1, 0.15) is 0 Å². The molecule has 0 saturated carbocycles. The maximum atomic E-state index is 5.97. The Bertz CT molecular complexity index is 436. The molecule has 112 valence electrons. The number of rotatable bonds is 5. The van der Waals surface area contributed by atoms with Crippen LogP contribution < -0.4 is 15.2 Å². The first-order valence-electron chi connectivity index (χ1n) is 7.35. The standard InChI is InChI=1S/C16H26N2O2/c1-12-6-5-9-18(14(12)10-17)11-13-7-4-8-15(19-2)16(13)20-3/h4,7-8,12,14H,5-6,9-11,17H2,1-3H3. The fourth-order valence-electron chi connectivity index (χ4n) is 3.21. The van der Waals surface area contributed by atoms with Gasteiger partial charge in [0.2, 0.25) is 0 Å². The molecule has 0 aliphatic carbocycles. The second kappa shape index (κ2) is 6.95. The van der Waals surface area contributed by atoms with Gasteiger partial charge in [-0.05, 0) is 31.4 Å². The number of piperidine rings is 1. The Hall–Kier alpha value is -1.26. The minimum atomic E-state index is 0.458. The van der Waals surface area contributed by atoms with E-state index in [9.17, 15) is 0 Å². The monoisotopic (exact) mass is 278 g/mol. The van der Waals surface area contributed by atoms with Gasteiger partial charge in [-0.3, -0.25) is 4.90 Å². The largest absolute Gasteiger partial charge is 0.493 e. The molecule has 1 saturated heterocycles. The predicted octanol–water partition coefficient (Wildman–Crippen LogP) is 2.26. The summed E-state index contributed by atoms with van der Waals surface area (Å²) in [6, 6.07) is 6.51. The zero-order chi connectivity index (χ0) is 14.5. The molecular formula is C16H26N2O2. The summed E-state index contributed by atoms with van der Waals surface area (Å²) < 4.78 is 10.9. The molecule has 0 radical (unpaired) electrons. The molecule has 0 aromatic heterocycles. The van der Waals surface area contributed by atoms with Crippen molar-refractivity contribution < 1.29 is 9.47 Å². The van der Waals surface area contributed by atoms with Gasteiger partial charge >= 0.3 is 0 Å². The summed E-state index contributed by atoms with van der Waals surface area (Å²) in [7, 11) is 3.37. The van der Waals surface area contributed by atoms with Gasteiger partial charge in [-0.15, -0.1) is 0 Å². The molecule has 20 heavy (non-hydrogen) atoms. The quantitative estimate of drug-likeness (QED) is 0.897. The molecule has 0 amide bonds. The Labute approximate surface area is 121 Å². The molecular weight excluding hydrogens is 252 g/mol. The van der Waals surface area contributed by atoms with Gasteiger partial charge in [0.15, 0.2) is 11.5 Å². The lowest BCUT2D eigenvalue weighted by molar-refractivity contribution is 0.0980. The third-order valence-corrected chi connectivity index (χ3v) is 4.33. The Balaban J connectivity index is 2.20. The third kappa shape index (κ3) is 3.07. The van der Waals surface area contributed by atoms with Gasteiger partial charge in [0.25, 0.3) is 0 Å². The Morgan fingerprint density at radius 2 is 2.10 bits per heavy atom. The molecule has 2 atom stereocenters. The fraction of sp³-hybridized carbons (Fsp3) is 0.625. The lowest BCUT2D eigenvalue weighted by Crippen LogP contribution is -2.48. The predicted molar refractivity (Wildman–Crippen MR) is 81.2 cm³/mol. The highest BCUT2D eigenvalue weighted by Crippen LogP contribution is 2.33. The number of benzene rings is 1. The van der Waals surface area contributed by atoms with E-state index in [0.717, 1.165) is 24.6 Å². The van der Waals surface area contributed by atoms with E-state index < -0.39 is 0 Å². The smallest absolute Gasteiger partial charge is 0.165 e. The molecule has 4 heteroatoms. The zero-order valence-electron chi connectivity index (χ0n) is 12.8. The van der Waals surface area contributed by atoms with Crippen molar-refractivity contribution in [1.82, 2.24) is 4.90 Å². The second-order valence-corrected chi connectivity index (χ2v) is 5.55. The summed E-state index contributed by atoms with van der Waals surface area (Å²) in [5.41, 5.74) is 7.13. The molecule has 1 aliphatic rings. The minimum Gasteiger partial charge on any atom is -0.493 e. The molecule has 1 heterocycles. The molecule has 0 bridgehead atoms. The Morgan fingerprint density at radius 1 is 1.30 bits per heavy atom. The molecule has 1 aromatic rings. The summed E-state index contributed by atoms with van der Waals surface area (Å²) in [5.74, 6) is 2.29. The molecule has 4 nitrogen and oxygen atoms in total. The summed E-state index contributed by atoms with van der Waals surface area (Å²) in [4.78, 5) is 2.48. The molecule has 2 rings (SSSR count). The van der Waals surface area contributed by atoms with Gasteiger partial charge < -0.3 is 15.2 Å². The van der Waals surface area contributed by atoms with Gasteiger partial charge in [-0.1, -0.05) is 19.1 Å². The number of nitrogens with two attached hydrogens (primary N) is 1. The minimum absolute atomic E-state index is 0.458. The van der Waals surface area contributed by atoms with Crippen molar-refractivity contribution >= 4 is 0 Å². The van der Waals surface area contributed by atoms with Crippen molar-refractivity contribution in [2.24, 2.45) is 11.7 Å². The van der Waals surface area contributed by atoms with E-state index in [0.29, 0.717) is 18.5 Å². The van der Waals surface area contributed by atoms with E-state index in [4.69, 9.17) is 15.2 Å². The average molecular weight is 278 g/mol. The van der Waals surface area contributed by atoms with Crippen LogP contribution in [0.15, 0.2) is 18.2 Å². The Morgan fingerprint density at radius 3 is 2.75 bits per heavy atom. The van der Waals surface area contributed by atoms with E-state index in [1.807, 2.05) is 12.1 Å². The van der Waals surface area contributed by atoms with Crippen molar-refractivity contribution in [2.75, 3.05) is 27.3 Å². The number of nitrogens with zero attached hydrogens (tertiary/aromatic N) is 1. The SMILES string of the molecule is COc1cccc(CN2CCCC(C)C2CN)c1OC. The van der Waals surface area contributed by atoms with E-state index >= 15 is 0 Å². The van der Waals surface area contributed by atoms with Crippen LogP contribution >= 0.6 is 0 Å². The number of hydrogen-bond acceptors (Lipinski definition) is 4. The van der Waals surface area contributed by atoms with Crippen LogP contribution in [0, 0.1) is 5.92 Å². The lowest BCUT2D eigenvalue weighted by atomic mass is 9.90. The van der Waals surface area contributed by atoms with Crippen LogP contribution in [0.25, 0.3) is 0 Å². The third-order valence-electron chi connectivity index (χ3n) is 4.33. The Kier molecular flexibility index (Phi) is 5.26. The van der Waals surface area contributed by atoms with Gasteiger partial charge in [0.05, 0.1) is 14.2 Å². The number of ether oxygens (including phenoxy) is 2. The molecule has 0 spiro atoms. The van der Waals surface area contributed by atoms with Crippen LogP contribution in [0.3, 0.4) is 0 Å². The highest BCUT2D eigenvalue weighted by Gasteiger charge is 2.28. The second-order valence-electron chi connectivity index (χ2n) is 5.55. The van der Waals surface area contributed by atoms with Crippen LogP contribution in [0.2, 0.25) is 0 Å². The number of hydrogen-bond donors (Lipinski definition) is 1. The van der Waals surface area contributed by atoms with Crippen molar-refractivity contribution in [1.29, 1.82) is 0 Å². The van der Waals surface area contributed by atoms with Gasteiger partial charge in [-0.2, -0.15) is 0 Å². The molecule has 2 unspecified atom stereocenters. The highest BCUT2D eigenvalue weighted by molar-refractivity contribution is 5.46. The molecule has 1 fully saturated rings. The van der Waals surface area contributed by atoms with E-state index in [1.165, 1.54) is 18.4 Å². The number of para-hydroxylation sites is 1. The molecule has 2 N–H and O–H groups in total. The summed E-state index contributed by atoms with van der Waals surface area (Å²) in [5, 5.41) is 0. The maximum Gasteiger partial charge on any atom is 0.165 e. The van der Waals surface area contributed by atoms with Crippen molar-refractivity contribution in [3.05, 3.63) is 23.8 Å². The topological polar surface area (TPSA) is 47.7 Å². The summed E-state index contributed by atoms with van der Waals surface area (Å²) in [6.45, 7) is 4.99. The lowest BCUT2D eigenvalue weighted by Gasteiger charge is -2.39. The van der Waals surface area contributed by atoms with Crippen molar-refractivity contribution in [3.8, 4) is 11.5 Å². The summed E-state index contributed by atoms with van der Waals surface area (Å²) in [6.07, 6.45) is 2.51. The van der Waals surface area contributed by atoms with E-state index in [-0.39, 0.29) is 0 Å². The van der Waals surface area contributed by atoms with Gasteiger partial charge in [-0.25, -0.2) is 0 Å². The maximum absolute atomic E-state index is 5.97. The van der Waals surface area contributed by atoms with Crippen molar-refractivity contribution in [3.63, 3.8) is 0 Å². The molecule has 1 aromatic carbocycles. The van der Waals surface area contributed by atoms with Crippen LogP contribution in [-0.4, -0.2) is 38.3 Å². The van der Waals surface area contributed by atoms with Crippen LogP contribution in [0.1, 0.15) is 25.3 Å². The summed E-state index contributed by atoms with van der Waals surface area (Å²) >= 11 is 0. The number of methoxy groups -OCH3 is 2. The van der Waals surface area contributed by atoms with E-state index in [1.54, 1.807) is 14.2 Å². The fourth-order valence-corrected chi connectivity index (χ4v) is 3.21. The normalized spacial score (nSPS) is 23.6. The van der Waals surface area contributed by atoms with E-state index in [2.05, 4.69) is 17.9 Å². The van der Waals surface area contributed by atoms with Crippen molar-refractivity contribution in [2.45, 2.75) is 32.4 Å². The highest BCUT2D eigenvalue weighted by atomic mass is 16.5. The van der Waals surface area contributed by atoms with Crippen LogP contribution in [0.4, 0.5) is 0 Å². The first-order valence-corrected chi connectivity index (χ1v) is 7.35. The van der Waals surface area contributed by atoms with Crippen LogP contribution in [0.5, 0.6) is 11.5 Å². The molecule has 1 aliphatic heterocycles. The van der Waals surface area contributed by atoms with Crippen LogP contribution in [-0.2, 0) is 6.54 Å². The zero-order valence-corrected chi connectivity index (χ0v) is 12.8. The average Bonchev–Trinajstić information content (AvgIpc) is 2.47.